The number of nitrogens with one attached hydrogen (secondary N) is 2. The molecule has 186 valence electrons. The third-order valence-corrected chi connectivity index (χ3v) is 7.06. The molecule has 0 saturated heterocycles. The van der Waals surface area contributed by atoms with Crippen LogP contribution in [0.1, 0.15) is 31.5 Å². The van der Waals surface area contributed by atoms with E-state index in [1.807, 2.05) is 36.4 Å². The lowest BCUT2D eigenvalue weighted by molar-refractivity contribution is -0.115. The molecule has 0 aliphatic rings. The molecule has 3 N–H and O–H groups in total. The molecule has 4 rings (SSSR count). The summed E-state index contributed by atoms with van der Waals surface area (Å²) in [6, 6.07) is 27.1. The molecule has 0 aliphatic heterocycles. The molecular formula is C28H20Cl2N2O4S. The van der Waals surface area contributed by atoms with Gasteiger partial charge in [0.2, 0.25) is 5.91 Å². The quantitative estimate of drug-likeness (QED) is 0.198. The fourth-order valence-corrected chi connectivity index (χ4v) is 4.91. The van der Waals surface area contributed by atoms with Crippen LogP contribution in [0.3, 0.4) is 0 Å². The van der Waals surface area contributed by atoms with E-state index in [-0.39, 0.29) is 28.1 Å². The van der Waals surface area contributed by atoms with Crippen molar-refractivity contribution in [3.8, 4) is 0 Å². The normalized spacial score (nSPS) is 11.4. The van der Waals surface area contributed by atoms with Crippen molar-refractivity contribution < 1.29 is 19.5 Å². The summed E-state index contributed by atoms with van der Waals surface area (Å²) in [5, 5.41) is 14.9. The first kappa shape index (κ1) is 26.3. The van der Waals surface area contributed by atoms with Crippen molar-refractivity contribution in [2.75, 3.05) is 10.6 Å². The number of hydrogen-bond acceptors (Lipinski definition) is 4. The minimum atomic E-state index is -1.13. The molecule has 0 aromatic heterocycles. The Morgan fingerprint density at radius 2 is 1.51 bits per heavy atom. The summed E-state index contributed by atoms with van der Waals surface area (Å²) >= 11 is 13.5. The monoisotopic (exact) mass is 550 g/mol. The zero-order valence-corrected chi connectivity index (χ0v) is 21.5. The summed E-state index contributed by atoms with van der Waals surface area (Å²) in [7, 11) is 0. The van der Waals surface area contributed by atoms with Gasteiger partial charge in [0, 0.05) is 21.2 Å². The summed E-state index contributed by atoms with van der Waals surface area (Å²) in [6.07, 6.45) is 0. The maximum absolute atomic E-state index is 13.4. The van der Waals surface area contributed by atoms with Crippen LogP contribution in [0, 0.1) is 0 Å². The van der Waals surface area contributed by atoms with E-state index in [0.29, 0.717) is 16.3 Å². The number of carbonyl (C=O) groups is 3. The summed E-state index contributed by atoms with van der Waals surface area (Å²) in [5.74, 6) is -1.82. The van der Waals surface area contributed by atoms with Gasteiger partial charge < -0.3 is 15.7 Å². The minimum Gasteiger partial charge on any atom is -0.478 e. The molecule has 0 fully saturated rings. The molecule has 0 heterocycles. The second kappa shape index (κ2) is 12.0. The zero-order chi connectivity index (χ0) is 26.4. The molecule has 1 atom stereocenters. The van der Waals surface area contributed by atoms with Gasteiger partial charge in [-0.3, -0.25) is 9.59 Å². The standard InChI is InChI=1S/C28H20Cl2N2O4S/c29-20-9-4-8-18(14-20)26(33)31-21-10-5-11-22(16-21)37-25(17-6-2-1-3-7-17)27(34)32-24-15-19(28(35)36)12-13-23(24)30/h1-16,25H,(H,31,33)(H,32,34)(H,35,36). The Morgan fingerprint density at radius 3 is 2.24 bits per heavy atom. The Bertz CT molecular complexity index is 1460. The van der Waals surface area contributed by atoms with Crippen molar-refractivity contribution >= 4 is 64.1 Å². The van der Waals surface area contributed by atoms with E-state index < -0.39 is 11.2 Å². The molecule has 4 aromatic rings. The largest absolute Gasteiger partial charge is 0.478 e. The van der Waals surface area contributed by atoms with Crippen molar-refractivity contribution in [1.82, 2.24) is 0 Å². The Balaban J connectivity index is 1.57. The van der Waals surface area contributed by atoms with Crippen molar-refractivity contribution in [2.45, 2.75) is 10.1 Å². The van der Waals surface area contributed by atoms with Crippen molar-refractivity contribution in [2.24, 2.45) is 0 Å². The summed E-state index contributed by atoms with van der Waals surface area (Å²) < 4.78 is 0. The molecule has 6 nitrogen and oxygen atoms in total. The number of benzene rings is 4. The number of carboxylic acids is 1. The first-order chi connectivity index (χ1) is 17.8. The molecule has 2 amide bonds. The van der Waals surface area contributed by atoms with Crippen LogP contribution in [0.5, 0.6) is 0 Å². The lowest BCUT2D eigenvalue weighted by Crippen LogP contribution is -2.19. The van der Waals surface area contributed by atoms with E-state index in [1.54, 1.807) is 42.5 Å². The molecule has 1 unspecified atom stereocenters. The molecular weight excluding hydrogens is 531 g/mol. The molecule has 0 saturated carbocycles. The predicted molar refractivity (Wildman–Crippen MR) is 148 cm³/mol. The highest BCUT2D eigenvalue weighted by atomic mass is 35.5. The Morgan fingerprint density at radius 1 is 0.757 bits per heavy atom. The average Bonchev–Trinajstić information content (AvgIpc) is 2.89. The average molecular weight is 551 g/mol. The molecule has 37 heavy (non-hydrogen) atoms. The Kier molecular flexibility index (Phi) is 8.50. The van der Waals surface area contributed by atoms with Gasteiger partial charge in [0.25, 0.3) is 5.91 Å². The molecule has 9 heteroatoms. The predicted octanol–water partition coefficient (Wildman–Crippen LogP) is 7.42. The maximum Gasteiger partial charge on any atom is 0.335 e. The van der Waals surface area contributed by atoms with Gasteiger partial charge >= 0.3 is 5.97 Å². The van der Waals surface area contributed by atoms with Crippen LogP contribution in [-0.2, 0) is 4.79 Å². The first-order valence-electron chi connectivity index (χ1n) is 11.0. The van der Waals surface area contributed by atoms with Gasteiger partial charge in [0.1, 0.15) is 5.25 Å². The minimum absolute atomic E-state index is 0.00626. The third-order valence-electron chi connectivity index (χ3n) is 5.24. The SMILES string of the molecule is O=C(O)c1ccc(Cl)c(NC(=O)C(Sc2cccc(NC(=O)c3cccc(Cl)c3)c2)c2ccccc2)c1. The number of carbonyl (C=O) groups excluding carboxylic acids is 2. The highest BCUT2D eigenvalue weighted by Crippen LogP contribution is 2.38. The fraction of sp³-hybridized carbons (Fsp3) is 0.0357. The molecule has 0 aliphatic carbocycles. The van der Waals surface area contributed by atoms with Crippen LogP contribution in [0.4, 0.5) is 11.4 Å². The van der Waals surface area contributed by atoms with Crippen molar-refractivity contribution in [3.63, 3.8) is 0 Å². The van der Waals surface area contributed by atoms with E-state index in [1.165, 1.54) is 30.0 Å². The smallest absolute Gasteiger partial charge is 0.335 e. The number of halogens is 2. The van der Waals surface area contributed by atoms with Crippen LogP contribution in [0.15, 0.2) is 102 Å². The van der Waals surface area contributed by atoms with Crippen LogP contribution in [-0.4, -0.2) is 22.9 Å². The van der Waals surface area contributed by atoms with Gasteiger partial charge in [-0.15, -0.1) is 11.8 Å². The van der Waals surface area contributed by atoms with Crippen molar-refractivity contribution in [3.05, 3.63) is 124 Å². The number of aromatic carboxylic acids is 1. The Hall–Kier alpha value is -3.78. The lowest BCUT2D eigenvalue weighted by Gasteiger charge is -2.18. The number of rotatable bonds is 8. The molecule has 4 aromatic carbocycles. The van der Waals surface area contributed by atoms with E-state index >= 15 is 0 Å². The van der Waals surface area contributed by atoms with Gasteiger partial charge in [0.15, 0.2) is 0 Å². The fourth-order valence-electron chi connectivity index (χ4n) is 3.47. The van der Waals surface area contributed by atoms with Crippen LogP contribution in [0.25, 0.3) is 0 Å². The van der Waals surface area contributed by atoms with E-state index in [9.17, 15) is 19.5 Å². The molecule has 0 bridgehead atoms. The second-order valence-corrected chi connectivity index (χ2v) is 9.91. The summed E-state index contributed by atoms with van der Waals surface area (Å²) in [6.45, 7) is 0. The molecule has 0 spiro atoms. The summed E-state index contributed by atoms with van der Waals surface area (Å²) in [5.41, 5.74) is 1.93. The number of thioether (sulfide) groups is 1. The van der Waals surface area contributed by atoms with Gasteiger partial charge in [-0.25, -0.2) is 4.79 Å². The van der Waals surface area contributed by atoms with Gasteiger partial charge in [-0.2, -0.15) is 0 Å². The Labute approximate surface area is 227 Å². The number of hydrogen-bond donors (Lipinski definition) is 3. The van der Waals surface area contributed by atoms with E-state index in [0.717, 1.165) is 10.5 Å². The van der Waals surface area contributed by atoms with Crippen LogP contribution < -0.4 is 10.6 Å². The van der Waals surface area contributed by atoms with E-state index in [4.69, 9.17) is 23.2 Å². The third kappa shape index (κ3) is 6.92. The topological polar surface area (TPSA) is 95.5 Å². The highest BCUT2D eigenvalue weighted by Gasteiger charge is 2.23. The van der Waals surface area contributed by atoms with Gasteiger partial charge in [0.05, 0.1) is 16.3 Å². The number of anilines is 2. The van der Waals surface area contributed by atoms with Gasteiger partial charge in [-0.05, 0) is 60.2 Å². The zero-order valence-electron chi connectivity index (χ0n) is 19.2. The lowest BCUT2D eigenvalue weighted by atomic mass is 10.1. The number of carboxylic acid groups (broad SMARTS) is 1. The van der Waals surface area contributed by atoms with Gasteiger partial charge in [-0.1, -0.05) is 65.7 Å². The highest BCUT2D eigenvalue weighted by molar-refractivity contribution is 8.00. The first-order valence-corrected chi connectivity index (χ1v) is 12.7. The van der Waals surface area contributed by atoms with Crippen LogP contribution in [0.2, 0.25) is 10.0 Å². The van der Waals surface area contributed by atoms with Crippen molar-refractivity contribution in [1.29, 1.82) is 0 Å². The maximum atomic E-state index is 13.4. The van der Waals surface area contributed by atoms with Crippen LogP contribution >= 0.6 is 35.0 Å². The number of amides is 2. The second-order valence-electron chi connectivity index (χ2n) is 7.89. The molecule has 0 radical (unpaired) electrons. The van der Waals surface area contributed by atoms with E-state index in [2.05, 4.69) is 10.6 Å². The summed E-state index contributed by atoms with van der Waals surface area (Å²) in [4.78, 5) is 38.2.